The Bertz CT molecular complexity index is 872. The van der Waals surface area contributed by atoms with Gasteiger partial charge in [-0.2, -0.15) is 0 Å². The number of amides is 3. The molecule has 0 bridgehead atoms. The molecule has 0 atom stereocenters. The van der Waals surface area contributed by atoms with Crippen LogP contribution in [0.25, 0.3) is 6.08 Å². The normalized spacial score (nSPS) is 11.1. The van der Waals surface area contributed by atoms with Gasteiger partial charge in [-0.05, 0) is 35.9 Å². The number of carbonyl (C=O) groups is 3. The molecular formula is C20H20N4O3. The number of anilines is 1. The summed E-state index contributed by atoms with van der Waals surface area (Å²) >= 11 is 0. The van der Waals surface area contributed by atoms with Gasteiger partial charge in [0.25, 0.3) is 11.8 Å². The summed E-state index contributed by atoms with van der Waals surface area (Å²) in [5.41, 5.74) is 3.84. The summed E-state index contributed by atoms with van der Waals surface area (Å²) in [5.74, 6) is 3.87. The lowest BCUT2D eigenvalue weighted by Gasteiger charge is -2.09. The van der Waals surface area contributed by atoms with E-state index in [-0.39, 0.29) is 11.6 Å². The van der Waals surface area contributed by atoms with Crippen LogP contribution in [0.1, 0.15) is 22.8 Å². The van der Waals surface area contributed by atoms with E-state index in [1.807, 2.05) is 35.8 Å². The van der Waals surface area contributed by atoms with E-state index in [1.54, 1.807) is 36.4 Å². The van der Waals surface area contributed by atoms with E-state index in [0.717, 1.165) is 5.56 Å². The lowest BCUT2D eigenvalue weighted by Crippen LogP contribution is -2.38. The van der Waals surface area contributed by atoms with Gasteiger partial charge in [-0.3, -0.25) is 19.8 Å². The van der Waals surface area contributed by atoms with Gasteiger partial charge in [0.05, 0.1) is 0 Å². The summed E-state index contributed by atoms with van der Waals surface area (Å²) in [6.45, 7) is 1.39. The van der Waals surface area contributed by atoms with Crippen LogP contribution in [0.15, 0.2) is 72.4 Å². The number of benzene rings is 2. The summed E-state index contributed by atoms with van der Waals surface area (Å²) in [4.78, 5) is 35.3. The topological polar surface area (TPSA) is 113 Å². The largest absolute Gasteiger partial charge is 0.326 e. The van der Waals surface area contributed by atoms with Gasteiger partial charge in [-0.1, -0.05) is 42.5 Å². The summed E-state index contributed by atoms with van der Waals surface area (Å²) in [6.07, 6.45) is 4.89. The van der Waals surface area contributed by atoms with Crippen molar-refractivity contribution in [3.05, 3.63) is 83.6 Å². The van der Waals surface area contributed by atoms with Gasteiger partial charge in [0, 0.05) is 18.2 Å². The molecule has 0 aliphatic rings. The second-order valence-electron chi connectivity index (χ2n) is 5.54. The first-order valence-corrected chi connectivity index (χ1v) is 8.13. The van der Waals surface area contributed by atoms with Crippen LogP contribution in [0.4, 0.5) is 5.69 Å². The molecule has 5 N–H and O–H groups in total. The second-order valence-corrected chi connectivity index (χ2v) is 5.54. The first kappa shape index (κ1) is 19.6. The summed E-state index contributed by atoms with van der Waals surface area (Å²) in [7, 11) is 0. The fourth-order valence-corrected chi connectivity index (χ4v) is 2.17. The fraction of sp³-hybridized carbons (Fsp3) is 0.0500. The van der Waals surface area contributed by atoms with Crippen LogP contribution in [0.3, 0.4) is 0 Å². The molecule has 0 unspecified atom stereocenters. The van der Waals surface area contributed by atoms with Gasteiger partial charge in [0.2, 0.25) is 5.91 Å². The molecule has 0 aliphatic carbocycles. The van der Waals surface area contributed by atoms with Gasteiger partial charge < -0.3 is 10.6 Å². The number of rotatable bonds is 6. The summed E-state index contributed by atoms with van der Waals surface area (Å²) < 4.78 is 0. The zero-order valence-electron chi connectivity index (χ0n) is 14.7. The minimum absolute atomic E-state index is 0.000573. The SMILES string of the molecule is CC(=O)Nc1ccc(C(=O)N/C(=C\C=C/c2ccccc2)C(=O)NN)cc1. The van der Waals surface area contributed by atoms with Gasteiger partial charge in [0.15, 0.2) is 0 Å². The Hall–Kier alpha value is -3.71. The standard InChI is InChI=1S/C20H20N4O3/c1-14(25)22-17-12-10-16(11-13-17)19(26)23-18(20(27)24-21)9-5-8-15-6-3-2-4-7-15/h2-13H,21H2,1H3,(H,22,25)(H,23,26)(H,24,27)/b8-5-,18-9-. The summed E-state index contributed by atoms with van der Waals surface area (Å²) in [6, 6.07) is 15.8. The Morgan fingerprint density at radius 1 is 0.963 bits per heavy atom. The molecule has 0 heterocycles. The average Bonchev–Trinajstić information content (AvgIpc) is 2.67. The molecule has 0 radical (unpaired) electrons. The minimum atomic E-state index is -0.629. The molecular weight excluding hydrogens is 344 g/mol. The predicted molar refractivity (Wildman–Crippen MR) is 104 cm³/mol. The average molecular weight is 364 g/mol. The highest BCUT2D eigenvalue weighted by Gasteiger charge is 2.13. The van der Waals surface area contributed by atoms with E-state index in [0.29, 0.717) is 11.3 Å². The molecule has 0 aliphatic heterocycles. The van der Waals surface area contributed by atoms with Crippen molar-refractivity contribution >= 4 is 29.5 Å². The number of allylic oxidation sites excluding steroid dienone is 2. The Morgan fingerprint density at radius 3 is 2.22 bits per heavy atom. The van der Waals surface area contributed by atoms with Gasteiger partial charge >= 0.3 is 0 Å². The van der Waals surface area contributed by atoms with E-state index < -0.39 is 11.8 Å². The Labute approximate surface area is 156 Å². The molecule has 7 heteroatoms. The van der Waals surface area contributed by atoms with Gasteiger partial charge in [-0.15, -0.1) is 0 Å². The van der Waals surface area contributed by atoms with Crippen molar-refractivity contribution in [1.29, 1.82) is 0 Å². The zero-order valence-corrected chi connectivity index (χ0v) is 14.7. The molecule has 2 aromatic carbocycles. The molecule has 2 rings (SSSR count). The third-order valence-corrected chi connectivity index (χ3v) is 3.44. The molecule has 27 heavy (non-hydrogen) atoms. The third kappa shape index (κ3) is 6.26. The van der Waals surface area contributed by atoms with Crippen LogP contribution in [0.2, 0.25) is 0 Å². The number of hydrogen-bond acceptors (Lipinski definition) is 4. The van der Waals surface area contributed by atoms with Crippen LogP contribution in [0, 0.1) is 0 Å². The van der Waals surface area contributed by atoms with E-state index in [9.17, 15) is 14.4 Å². The first-order chi connectivity index (χ1) is 13.0. The van der Waals surface area contributed by atoms with Crippen molar-refractivity contribution in [3.8, 4) is 0 Å². The number of hydrazine groups is 1. The summed E-state index contributed by atoms with van der Waals surface area (Å²) in [5, 5.41) is 5.13. The van der Waals surface area contributed by atoms with Crippen LogP contribution in [-0.4, -0.2) is 17.7 Å². The van der Waals surface area contributed by atoms with E-state index in [4.69, 9.17) is 5.84 Å². The molecule has 0 fully saturated rings. The molecule has 2 aromatic rings. The highest BCUT2D eigenvalue weighted by Crippen LogP contribution is 2.10. The van der Waals surface area contributed by atoms with Crippen molar-refractivity contribution in [2.75, 3.05) is 5.32 Å². The smallest absolute Gasteiger partial charge is 0.281 e. The zero-order chi connectivity index (χ0) is 19.6. The molecule has 138 valence electrons. The van der Waals surface area contributed by atoms with Crippen molar-refractivity contribution in [3.63, 3.8) is 0 Å². The molecule has 0 aromatic heterocycles. The lowest BCUT2D eigenvalue weighted by molar-refractivity contribution is -0.118. The van der Waals surface area contributed by atoms with E-state index in [2.05, 4.69) is 10.6 Å². The lowest BCUT2D eigenvalue weighted by atomic mass is 10.2. The number of nitrogens with one attached hydrogen (secondary N) is 3. The Kier molecular flexibility index (Phi) is 7.04. The second kappa shape index (κ2) is 9.69. The van der Waals surface area contributed by atoms with Crippen molar-refractivity contribution < 1.29 is 14.4 Å². The highest BCUT2D eigenvalue weighted by atomic mass is 16.2. The highest BCUT2D eigenvalue weighted by molar-refractivity contribution is 6.03. The maximum atomic E-state index is 12.4. The monoisotopic (exact) mass is 364 g/mol. The maximum Gasteiger partial charge on any atom is 0.281 e. The number of hydrogen-bond donors (Lipinski definition) is 4. The minimum Gasteiger partial charge on any atom is -0.326 e. The number of nitrogens with two attached hydrogens (primary N) is 1. The van der Waals surface area contributed by atoms with Gasteiger partial charge in [-0.25, -0.2) is 5.84 Å². The van der Waals surface area contributed by atoms with E-state index >= 15 is 0 Å². The third-order valence-electron chi connectivity index (χ3n) is 3.44. The van der Waals surface area contributed by atoms with Gasteiger partial charge in [0.1, 0.15) is 5.70 Å². The van der Waals surface area contributed by atoms with Crippen LogP contribution >= 0.6 is 0 Å². The molecule has 0 saturated carbocycles. The van der Waals surface area contributed by atoms with Crippen LogP contribution in [-0.2, 0) is 9.59 Å². The molecule has 0 saturated heterocycles. The fourth-order valence-electron chi connectivity index (χ4n) is 2.17. The van der Waals surface area contributed by atoms with Crippen molar-refractivity contribution in [1.82, 2.24) is 10.7 Å². The van der Waals surface area contributed by atoms with Crippen molar-refractivity contribution in [2.45, 2.75) is 6.92 Å². The predicted octanol–water partition coefficient (Wildman–Crippen LogP) is 1.96. The quantitative estimate of drug-likeness (QED) is 0.206. The van der Waals surface area contributed by atoms with Crippen LogP contribution in [0.5, 0.6) is 0 Å². The van der Waals surface area contributed by atoms with Crippen molar-refractivity contribution in [2.24, 2.45) is 5.84 Å². The van der Waals surface area contributed by atoms with E-state index in [1.165, 1.54) is 13.0 Å². The molecule has 3 amide bonds. The molecule has 0 spiro atoms. The number of carbonyl (C=O) groups excluding carboxylic acids is 3. The Morgan fingerprint density at radius 2 is 1.63 bits per heavy atom. The Balaban J connectivity index is 2.11. The van der Waals surface area contributed by atoms with Crippen LogP contribution < -0.4 is 21.9 Å². The maximum absolute atomic E-state index is 12.4. The molecule has 7 nitrogen and oxygen atoms in total. The first-order valence-electron chi connectivity index (χ1n) is 8.13.